The van der Waals surface area contributed by atoms with Crippen LogP contribution in [-0.2, 0) is 19.7 Å². The highest BCUT2D eigenvalue weighted by molar-refractivity contribution is 5.94. The third-order valence-corrected chi connectivity index (χ3v) is 6.36. The molecule has 3 atom stereocenters. The van der Waals surface area contributed by atoms with Crippen molar-refractivity contribution in [3.05, 3.63) is 70.9 Å². The van der Waals surface area contributed by atoms with Gasteiger partial charge in [-0.05, 0) is 42.2 Å². The molecule has 2 aromatic carbocycles. The summed E-state index contributed by atoms with van der Waals surface area (Å²) in [6.07, 6.45) is -3.52. The van der Waals surface area contributed by atoms with Crippen molar-refractivity contribution in [1.29, 1.82) is 0 Å². The second-order valence-electron chi connectivity index (χ2n) is 7.90. The smallest absolute Gasteiger partial charge is 0.464 e. The first-order valence-electron chi connectivity index (χ1n) is 10.0. The lowest BCUT2D eigenvalue weighted by Gasteiger charge is -2.38. The van der Waals surface area contributed by atoms with Crippen LogP contribution in [0.3, 0.4) is 0 Å². The number of hydrogen-bond acceptors (Lipinski definition) is 4. The number of benzene rings is 2. The molecule has 5 rings (SSSR count). The quantitative estimate of drug-likeness (QED) is 0.730. The number of esters is 1. The highest BCUT2D eigenvalue weighted by atomic mass is 19.4. The first-order chi connectivity index (χ1) is 14.8. The lowest BCUT2D eigenvalue weighted by molar-refractivity contribution is -0.186. The topological polar surface area (TPSA) is 58.6 Å². The zero-order valence-corrected chi connectivity index (χ0v) is 16.6. The minimum Gasteiger partial charge on any atom is -0.464 e. The molecule has 0 bridgehead atoms. The fraction of sp³-hybridized carbons (Fsp3) is 0.304. The monoisotopic (exact) mass is 428 g/mol. The molecule has 1 saturated heterocycles. The molecule has 1 N–H and O–H groups in total. The van der Waals surface area contributed by atoms with Crippen LogP contribution in [0, 0.1) is 0 Å². The van der Waals surface area contributed by atoms with Crippen LogP contribution in [0.2, 0.25) is 0 Å². The first kappa shape index (κ1) is 19.7. The van der Waals surface area contributed by atoms with E-state index in [1.165, 1.54) is 0 Å². The second kappa shape index (κ2) is 6.60. The standard InChI is InChI=1S/C23H19F3N2O3/c1-2-31-20(29)17-12-22-15-9-5-6-10-16(15)27-19(22)14-8-4-3-7-13(14)11-18(22)28(17)21(30)23(24,25)26/h3-11,17,19,27H,2,12H2,1H3/t17?,19-,22+/m0/s1. The molecule has 2 aromatic rings. The second-order valence-corrected chi connectivity index (χ2v) is 7.90. The average Bonchev–Trinajstić information content (AvgIpc) is 3.26. The van der Waals surface area contributed by atoms with Gasteiger partial charge in [0.05, 0.1) is 18.1 Å². The Balaban J connectivity index is 1.78. The number of carbonyl (C=O) groups is 2. The zero-order chi connectivity index (χ0) is 22.0. The van der Waals surface area contributed by atoms with Crippen molar-refractivity contribution in [3.8, 4) is 0 Å². The lowest BCUT2D eigenvalue weighted by Crippen LogP contribution is -2.47. The molecule has 0 aromatic heterocycles. The van der Waals surface area contributed by atoms with Gasteiger partial charge in [-0.3, -0.25) is 9.69 Å². The number of rotatable bonds is 2. The van der Waals surface area contributed by atoms with Crippen LogP contribution in [0.1, 0.15) is 36.1 Å². The molecule has 1 aliphatic carbocycles. The van der Waals surface area contributed by atoms with Gasteiger partial charge in [0, 0.05) is 11.4 Å². The molecule has 31 heavy (non-hydrogen) atoms. The van der Waals surface area contributed by atoms with Crippen molar-refractivity contribution in [1.82, 2.24) is 4.90 Å². The summed E-state index contributed by atoms with van der Waals surface area (Å²) in [5.41, 5.74) is 2.35. The predicted molar refractivity (Wildman–Crippen MR) is 107 cm³/mol. The van der Waals surface area contributed by atoms with Gasteiger partial charge < -0.3 is 10.1 Å². The largest absolute Gasteiger partial charge is 0.471 e. The molecule has 8 heteroatoms. The van der Waals surface area contributed by atoms with Gasteiger partial charge in [0.1, 0.15) is 6.04 Å². The van der Waals surface area contributed by atoms with E-state index < -0.39 is 35.6 Å². The number of anilines is 1. The van der Waals surface area contributed by atoms with E-state index in [-0.39, 0.29) is 18.7 Å². The zero-order valence-electron chi connectivity index (χ0n) is 16.6. The number of hydrogen-bond donors (Lipinski definition) is 1. The Kier molecular flexibility index (Phi) is 4.19. The Hall–Kier alpha value is -3.29. The van der Waals surface area contributed by atoms with E-state index >= 15 is 0 Å². The van der Waals surface area contributed by atoms with Crippen molar-refractivity contribution in [3.63, 3.8) is 0 Å². The molecule has 1 fully saturated rings. The number of likely N-dealkylation sites (tertiary alicyclic amines) is 1. The predicted octanol–water partition coefficient (Wildman–Crippen LogP) is 4.17. The van der Waals surface area contributed by atoms with Gasteiger partial charge in [0.15, 0.2) is 0 Å². The molecule has 1 amide bonds. The SMILES string of the molecule is CCOC(=O)C1C[C@@]23C(=Cc4ccccc4[C@@H]2Nc2ccccc23)N1C(=O)C(F)(F)F. The summed E-state index contributed by atoms with van der Waals surface area (Å²) in [7, 11) is 0. The van der Waals surface area contributed by atoms with Crippen molar-refractivity contribution >= 4 is 23.6 Å². The third kappa shape index (κ3) is 2.63. The number of halogens is 3. The molecule has 160 valence electrons. The fourth-order valence-electron chi connectivity index (χ4n) is 5.24. The van der Waals surface area contributed by atoms with Gasteiger partial charge in [-0.25, -0.2) is 4.79 Å². The van der Waals surface area contributed by atoms with Crippen LogP contribution >= 0.6 is 0 Å². The highest BCUT2D eigenvalue weighted by Crippen LogP contribution is 2.63. The maximum Gasteiger partial charge on any atom is 0.471 e. The number of fused-ring (bicyclic) bond motifs is 3. The highest BCUT2D eigenvalue weighted by Gasteiger charge is 2.64. The Morgan fingerprint density at radius 3 is 2.61 bits per heavy atom. The Bertz CT molecular complexity index is 1130. The molecule has 2 aliphatic heterocycles. The summed E-state index contributed by atoms with van der Waals surface area (Å²) in [6.45, 7) is 1.59. The maximum absolute atomic E-state index is 13.6. The summed E-state index contributed by atoms with van der Waals surface area (Å²) < 4.78 is 46.0. The summed E-state index contributed by atoms with van der Waals surface area (Å²) in [5.74, 6) is -2.90. The van der Waals surface area contributed by atoms with Crippen molar-refractivity contribution in [2.24, 2.45) is 0 Å². The lowest BCUT2D eigenvalue weighted by atomic mass is 9.67. The number of para-hydroxylation sites is 1. The number of alkyl halides is 3. The summed E-state index contributed by atoms with van der Waals surface area (Å²) >= 11 is 0. The first-order valence-corrected chi connectivity index (χ1v) is 10.0. The van der Waals surface area contributed by atoms with E-state index in [0.29, 0.717) is 10.5 Å². The van der Waals surface area contributed by atoms with E-state index in [4.69, 9.17) is 4.74 Å². The number of nitrogens with one attached hydrogen (secondary N) is 1. The van der Waals surface area contributed by atoms with Gasteiger partial charge in [-0.1, -0.05) is 42.5 Å². The van der Waals surface area contributed by atoms with Gasteiger partial charge in [0.25, 0.3) is 0 Å². The number of carbonyl (C=O) groups excluding carboxylic acids is 2. The van der Waals surface area contributed by atoms with Crippen LogP contribution in [-0.4, -0.2) is 35.6 Å². The molecular formula is C23H19F3N2O3. The van der Waals surface area contributed by atoms with Crippen LogP contribution in [0.5, 0.6) is 0 Å². The van der Waals surface area contributed by atoms with E-state index in [2.05, 4.69) is 5.32 Å². The minimum absolute atomic E-state index is 0.00248. The van der Waals surface area contributed by atoms with E-state index in [9.17, 15) is 22.8 Å². The average molecular weight is 428 g/mol. The third-order valence-electron chi connectivity index (χ3n) is 6.36. The van der Waals surface area contributed by atoms with Crippen molar-refractivity contribution in [2.75, 3.05) is 11.9 Å². The summed E-state index contributed by atoms with van der Waals surface area (Å²) in [6, 6.07) is 12.9. The van der Waals surface area contributed by atoms with E-state index in [0.717, 1.165) is 16.8 Å². The molecule has 3 aliphatic rings. The molecule has 0 saturated carbocycles. The van der Waals surface area contributed by atoms with Gasteiger partial charge >= 0.3 is 18.1 Å². The number of ether oxygens (including phenoxy) is 1. The molecule has 0 radical (unpaired) electrons. The Morgan fingerprint density at radius 1 is 1.16 bits per heavy atom. The number of amides is 1. The molecule has 1 unspecified atom stereocenters. The molecule has 2 heterocycles. The van der Waals surface area contributed by atoms with Gasteiger partial charge in [-0.2, -0.15) is 13.2 Å². The minimum atomic E-state index is -5.13. The van der Waals surface area contributed by atoms with Crippen LogP contribution in [0.4, 0.5) is 18.9 Å². The summed E-state index contributed by atoms with van der Waals surface area (Å²) in [4.78, 5) is 26.0. The summed E-state index contributed by atoms with van der Waals surface area (Å²) in [5, 5.41) is 3.43. The van der Waals surface area contributed by atoms with E-state index in [1.807, 2.05) is 36.4 Å². The molecular weight excluding hydrogens is 409 g/mol. The van der Waals surface area contributed by atoms with Crippen LogP contribution in [0.15, 0.2) is 54.2 Å². The van der Waals surface area contributed by atoms with Gasteiger partial charge in [0.2, 0.25) is 0 Å². The van der Waals surface area contributed by atoms with Crippen molar-refractivity contribution < 1.29 is 27.5 Å². The number of nitrogens with zero attached hydrogens (tertiary/aromatic N) is 1. The Labute approximate surface area is 176 Å². The van der Waals surface area contributed by atoms with E-state index in [1.54, 1.807) is 25.1 Å². The Morgan fingerprint density at radius 2 is 1.87 bits per heavy atom. The molecule has 1 spiro atoms. The van der Waals surface area contributed by atoms with Gasteiger partial charge in [-0.15, -0.1) is 0 Å². The fourth-order valence-corrected chi connectivity index (χ4v) is 5.24. The van der Waals surface area contributed by atoms with Crippen molar-refractivity contribution in [2.45, 2.75) is 37.0 Å². The molecule has 5 nitrogen and oxygen atoms in total. The normalized spacial score (nSPS) is 25.5. The van der Waals surface area contributed by atoms with Crippen LogP contribution < -0.4 is 5.32 Å². The van der Waals surface area contributed by atoms with Crippen LogP contribution in [0.25, 0.3) is 6.08 Å². The maximum atomic E-state index is 13.6.